The molecule has 1 unspecified atom stereocenters. The second-order valence-electron chi connectivity index (χ2n) is 7.31. The van der Waals surface area contributed by atoms with E-state index in [9.17, 15) is 19.2 Å². The zero-order chi connectivity index (χ0) is 21.8. The minimum absolute atomic E-state index is 0.261. The molecule has 30 heavy (non-hydrogen) atoms. The summed E-state index contributed by atoms with van der Waals surface area (Å²) >= 11 is 0. The van der Waals surface area contributed by atoms with Crippen molar-refractivity contribution < 1.29 is 23.9 Å². The lowest BCUT2D eigenvalue weighted by molar-refractivity contribution is -0.132. The van der Waals surface area contributed by atoms with Crippen molar-refractivity contribution in [3.8, 4) is 5.75 Å². The standard InChI is InChI=1S/C22H23N3O5/c1-13(2)19(25-21(28)15-9-5-6-10-16(15)22(25)29)20(27)24-23-18(26)12-30-17-11-7-4-8-14(17)3/h4-11,13,19H,12H2,1-3H3,(H,23,26)(H,24,27). The number of aryl methyl sites for hydroxylation is 1. The Morgan fingerprint density at radius 2 is 1.50 bits per heavy atom. The van der Waals surface area contributed by atoms with Gasteiger partial charge in [-0.25, -0.2) is 0 Å². The molecule has 2 aromatic rings. The molecule has 156 valence electrons. The highest BCUT2D eigenvalue weighted by molar-refractivity contribution is 6.22. The van der Waals surface area contributed by atoms with Crippen LogP contribution in [-0.2, 0) is 9.59 Å². The normalized spacial score (nSPS) is 13.8. The number of fused-ring (bicyclic) bond motifs is 1. The van der Waals surface area contributed by atoms with Crippen molar-refractivity contribution in [2.45, 2.75) is 26.8 Å². The zero-order valence-corrected chi connectivity index (χ0v) is 17.0. The van der Waals surface area contributed by atoms with Crippen molar-refractivity contribution in [3.05, 3.63) is 65.2 Å². The molecule has 1 heterocycles. The van der Waals surface area contributed by atoms with Crippen LogP contribution in [0.2, 0.25) is 0 Å². The van der Waals surface area contributed by atoms with E-state index in [1.165, 1.54) is 0 Å². The van der Waals surface area contributed by atoms with Gasteiger partial charge in [-0.2, -0.15) is 0 Å². The second-order valence-corrected chi connectivity index (χ2v) is 7.31. The third kappa shape index (κ3) is 4.17. The topological polar surface area (TPSA) is 105 Å². The Labute approximate surface area is 174 Å². The summed E-state index contributed by atoms with van der Waals surface area (Å²) < 4.78 is 5.43. The van der Waals surface area contributed by atoms with Gasteiger partial charge in [-0.3, -0.25) is 34.9 Å². The molecule has 3 rings (SSSR count). The minimum atomic E-state index is -1.07. The van der Waals surface area contributed by atoms with Crippen molar-refractivity contribution in [2.24, 2.45) is 5.92 Å². The molecule has 4 amide bonds. The van der Waals surface area contributed by atoms with E-state index in [-0.39, 0.29) is 23.7 Å². The summed E-state index contributed by atoms with van der Waals surface area (Å²) in [6, 6.07) is 12.6. The first-order valence-electron chi connectivity index (χ1n) is 9.55. The summed E-state index contributed by atoms with van der Waals surface area (Å²) in [5.74, 6) is -2.10. The number of amides is 4. The van der Waals surface area contributed by atoms with E-state index in [2.05, 4.69) is 10.9 Å². The first-order valence-corrected chi connectivity index (χ1v) is 9.55. The third-order valence-corrected chi connectivity index (χ3v) is 4.78. The fourth-order valence-electron chi connectivity index (χ4n) is 3.28. The van der Waals surface area contributed by atoms with Gasteiger partial charge in [0.05, 0.1) is 11.1 Å². The average Bonchev–Trinajstić information content (AvgIpc) is 2.97. The van der Waals surface area contributed by atoms with E-state index in [0.717, 1.165) is 10.5 Å². The van der Waals surface area contributed by atoms with Gasteiger partial charge >= 0.3 is 0 Å². The van der Waals surface area contributed by atoms with E-state index in [1.807, 2.05) is 19.1 Å². The average molecular weight is 409 g/mol. The Bertz CT molecular complexity index is 967. The highest BCUT2D eigenvalue weighted by Crippen LogP contribution is 2.27. The molecular formula is C22H23N3O5. The smallest absolute Gasteiger partial charge is 0.276 e. The predicted molar refractivity (Wildman–Crippen MR) is 109 cm³/mol. The molecule has 0 aromatic heterocycles. The maximum absolute atomic E-state index is 12.7. The fraction of sp³-hybridized carbons (Fsp3) is 0.273. The quantitative estimate of drug-likeness (QED) is 0.560. The van der Waals surface area contributed by atoms with Crippen molar-refractivity contribution in [1.82, 2.24) is 15.8 Å². The Kier molecular flexibility index (Phi) is 6.15. The summed E-state index contributed by atoms with van der Waals surface area (Å²) in [6.45, 7) is 4.99. The van der Waals surface area contributed by atoms with Crippen LogP contribution < -0.4 is 15.6 Å². The van der Waals surface area contributed by atoms with E-state index in [0.29, 0.717) is 5.75 Å². The maximum atomic E-state index is 12.7. The van der Waals surface area contributed by atoms with Crippen LogP contribution in [0, 0.1) is 12.8 Å². The molecule has 0 saturated heterocycles. The molecular weight excluding hydrogens is 386 g/mol. The largest absolute Gasteiger partial charge is 0.483 e. The number of hydrogen-bond donors (Lipinski definition) is 2. The van der Waals surface area contributed by atoms with E-state index in [4.69, 9.17) is 4.74 Å². The van der Waals surface area contributed by atoms with Gasteiger partial charge in [-0.15, -0.1) is 0 Å². The lowest BCUT2D eigenvalue weighted by Crippen LogP contribution is -2.56. The summed E-state index contributed by atoms with van der Waals surface area (Å²) in [7, 11) is 0. The molecule has 0 fully saturated rings. The molecule has 0 aliphatic carbocycles. The number of ether oxygens (including phenoxy) is 1. The Morgan fingerprint density at radius 1 is 0.933 bits per heavy atom. The van der Waals surface area contributed by atoms with Gasteiger partial charge in [-0.05, 0) is 36.6 Å². The van der Waals surface area contributed by atoms with Crippen LogP contribution in [0.4, 0.5) is 0 Å². The van der Waals surface area contributed by atoms with Crippen LogP contribution in [0.3, 0.4) is 0 Å². The number of hydrogen-bond acceptors (Lipinski definition) is 5. The molecule has 2 aromatic carbocycles. The van der Waals surface area contributed by atoms with Gasteiger partial charge < -0.3 is 4.74 Å². The molecule has 1 aliphatic rings. The number of imide groups is 1. The number of rotatable bonds is 6. The van der Waals surface area contributed by atoms with Gasteiger partial charge in [0.1, 0.15) is 11.8 Å². The summed E-state index contributed by atoms with van der Waals surface area (Å²) in [4.78, 5) is 51.1. The summed E-state index contributed by atoms with van der Waals surface area (Å²) in [5, 5.41) is 0. The van der Waals surface area contributed by atoms with E-state index >= 15 is 0 Å². The SMILES string of the molecule is Cc1ccccc1OCC(=O)NNC(=O)C(C(C)C)N1C(=O)c2ccccc2C1=O. The van der Waals surface area contributed by atoms with E-state index in [1.54, 1.807) is 50.2 Å². The van der Waals surface area contributed by atoms with Crippen molar-refractivity contribution >= 4 is 23.6 Å². The number of nitrogens with one attached hydrogen (secondary N) is 2. The molecule has 0 spiro atoms. The van der Waals surface area contributed by atoms with Crippen LogP contribution in [0.5, 0.6) is 5.75 Å². The lowest BCUT2D eigenvalue weighted by atomic mass is 10.0. The number of carbonyl (C=O) groups is 4. The molecule has 2 N–H and O–H groups in total. The fourth-order valence-corrected chi connectivity index (χ4v) is 3.28. The second kappa shape index (κ2) is 8.77. The number of hydrazine groups is 1. The first-order chi connectivity index (χ1) is 14.3. The Morgan fingerprint density at radius 3 is 2.07 bits per heavy atom. The van der Waals surface area contributed by atoms with Gasteiger partial charge in [0.25, 0.3) is 23.6 Å². The van der Waals surface area contributed by atoms with E-state index < -0.39 is 29.7 Å². The number of carbonyl (C=O) groups excluding carboxylic acids is 4. The van der Waals surface area contributed by atoms with Crippen LogP contribution >= 0.6 is 0 Å². The van der Waals surface area contributed by atoms with Crippen molar-refractivity contribution in [1.29, 1.82) is 0 Å². The lowest BCUT2D eigenvalue weighted by Gasteiger charge is -2.28. The van der Waals surface area contributed by atoms with Gasteiger partial charge in [0.2, 0.25) is 0 Å². The number of para-hydroxylation sites is 1. The van der Waals surface area contributed by atoms with Crippen molar-refractivity contribution in [3.63, 3.8) is 0 Å². The first kappa shape index (κ1) is 21.0. The highest BCUT2D eigenvalue weighted by atomic mass is 16.5. The maximum Gasteiger partial charge on any atom is 0.276 e. The minimum Gasteiger partial charge on any atom is -0.483 e. The van der Waals surface area contributed by atoms with Crippen LogP contribution in [-0.4, -0.2) is 41.2 Å². The van der Waals surface area contributed by atoms with Crippen molar-refractivity contribution in [2.75, 3.05) is 6.61 Å². The summed E-state index contributed by atoms with van der Waals surface area (Å²) in [5.41, 5.74) is 5.96. The highest BCUT2D eigenvalue weighted by Gasteiger charge is 2.43. The molecule has 8 heteroatoms. The van der Waals surface area contributed by atoms with Gasteiger partial charge in [0.15, 0.2) is 6.61 Å². The van der Waals surface area contributed by atoms with Crippen LogP contribution in [0.25, 0.3) is 0 Å². The zero-order valence-electron chi connectivity index (χ0n) is 17.0. The molecule has 1 atom stereocenters. The Hall–Kier alpha value is -3.68. The molecule has 0 radical (unpaired) electrons. The molecule has 0 saturated carbocycles. The molecule has 1 aliphatic heterocycles. The van der Waals surface area contributed by atoms with Gasteiger partial charge in [0, 0.05) is 0 Å². The van der Waals surface area contributed by atoms with Gasteiger partial charge in [-0.1, -0.05) is 44.2 Å². The van der Waals surface area contributed by atoms with Crippen LogP contribution in [0.1, 0.15) is 40.1 Å². The number of nitrogens with zero attached hydrogens (tertiary/aromatic N) is 1. The monoisotopic (exact) mass is 409 g/mol. The Balaban J connectivity index is 1.63. The van der Waals surface area contributed by atoms with Crippen LogP contribution in [0.15, 0.2) is 48.5 Å². The molecule has 0 bridgehead atoms. The molecule has 8 nitrogen and oxygen atoms in total. The third-order valence-electron chi connectivity index (χ3n) is 4.78. The number of benzene rings is 2. The predicted octanol–water partition coefficient (Wildman–Crippen LogP) is 1.84. The summed E-state index contributed by atoms with van der Waals surface area (Å²) in [6.07, 6.45) is 0.